The molecule has 25 nitrogen and oxygen atoms in total. The standard InChI is InChI=1S/C41H65N13O12/c1-21(2)15-30(40(65)66)53-35(60)26(11-6-7-13-42)50-39(64)32(20-56)54-36(61)28(16-23-18-47-25-10-5-4-9-24(23)25)51-34(59)27(12-8-14-46-41(44)45)49-37(62)29(17-33(43)58)52-38(63)31(19-55)48-22(3)57/h4-5,9-10,18,21,26-32,47,55-56H,6-8,11-17,19-20,42H2,1-3H3,(H2,43,58)(H,48,57)(H,49,62)(H,50,64)(H,51,59)(H,52,63)(H,53,60)(H,54,61)(H,65,66)(H4,44,45,46)/t26-,27-,28-,29-,30-,31-,32-/m0/s1. The van der Waals surface area contributed by atoms with E-state index in [1.807, 2.05) is 0 Å². The van der Waals surface area contributed by atoms with Gasteiger partial charge in [-0.3, -0.25) is 43.3 Å². The number of nitrogens with one attached hydrogen (secondary N) is 8. The number of carboxylic acid groups (broad SMARTS) is 1. The summed E-state index contributed by atoms with van der Waals surface area (Å²) >= 11 is 0. The van der Waals surface area contributed by atoms with Gasteiger partial charge in [-0.1, -0.05) is 32.0 Å². The normalized spacial score (nSPS) is 14.2. The molecule has 366 valence electrons. The maximum absolute atomic E-state index is 14.2. The van der Waals surface area contributed by atoms with Gasteiger partial charge in [0, 0.05) is 37.0 Å². The van der Waals surface area contributed by atoms with E-state index in [9.17, 15) is 58.5 Å². The van der Waals surface area contributed by atoms with E-state index >= 15 is 0 Å². The van der Waals surface area contributed by atoms with Gasteiger partial charge < -0.3 is 80.5 Å². The molecule has 0 fully saturated rings. The van der Waals surface area contributed by atoms with Gasteiger partial charge in [-0.05, 0) is 62.6 Å². The second-order valence-corrected chi connectivity index (χ2v) is 15.9. The van der Waals surface area contributed by atoms with Crippen molar-refractivity contribution in [3.8, 4) is 0 Å². The Kier molecular flexibility index (Phi) is 23.6. The number of guanidine groups is 1. The quantitative estimate of drug-likeness (QED) is 0.0199. The average molecular weight is 932 g/mol. The Hall–Kier alpha value is -6.86. The fourth-order valence-electron chi connectivity index (χ4n) is 6.63. The molecule has 0 unspecified atom stereocenters. The Bertz CT molecular complexity index is 2020. The van der Waals surface area contributed by atoms with Crippen LogP contribution in [0.3, 0.4) is 0 Å². The minimum absolute atomic E-state index is 0.0230. The molecule has 0 bridgehead atoms. The molecule has 0 aliphatic heterocycles. The fourth-order valence-corrected chi connectivity index (χ4v) is 6.63. The Morgan fingerprint density at radius 1 is 0.652 bits per heavy atom. The summed E-state index contributed by atoms with van der Waals surface area (Å²) in [5.74, 6) is -9.32. The van der Waals surface area contributed by atoms with Gasteiger partial charge in [-0.25, -0.2) is 4.79 Å². The first-order valence-electron chi connectivity index (χ1n) is 21.3. The molecular formula is C41H65N13O12. The van der Waals surface area contributed by atoms with E-state index in [1.165, 1.54) is 0 Å². The number of carbonyl (C=O) groups is 9. The molecule has 0 aliphatic carbocycles. The highest BCUT2D eigenvalue weighted by Gasteiger charge is 2.35. The molecule has 66 heavy (non-hydrogen) atoms. The lowest BCUT2D eigenvalue weighted by molar-refractivity contribution is -0.143. The van der Waals surface area contributed by atoms with E-state index in [0.29, 0.717) is 29.3 Å². The summed E-state index contributed by atoms with van der Waals surface area (Å²) in [7, 11) is 0. The second-order valence-electron chi connectivity index (χ2n) is 15.9. The van der Waals surface area contributed by atoms with Crippen molar-refractivity contribution in [1.82, 2.24) is 42.2 Å². The number of fused-ring (bicyclic) bond motifs is 1. The summed E-state index contributed by atoms with van der Waals surface area (Å²) in [5.41, 5.74) is 23.1. The maximum atomic E-state index is 14.2. The summed E-state index contributed by atoms with van der Waals surface area (Å²) in [6.45, 7) is 3.01. The molecule has 8 amide bonds. The number of primary amides is 1. The van der Waals surface area contributed by atoms with Crippen molar-refractivity contribution in [2.24, 2.45) is 33.8 Å². The summed E-state index contributed by atoms with van der Waals surface area (Å²) in [4.78, 5) is 124. The molecule has 1 aromatic carbocycles. The van der Waals surface area contributed by atoms with Crippen molar-refractivity contribution < 1.29 is 58.5 Å². The number of nitrogens with zero attached hydrogens (tertiary/aromatic N) is 1. The smallest absolute Gasteiger partial charge is 0.326 e. The number of nitrogens with two attached hydrogens (primary N) is 4. The van der Waals surface area contributed by atoms with Crippen LogP contribution in [0.2, 0.25) is 0 Å². The van der Waals surface area contributed by atoms with Crippen LogP contribution >= 0.6 is 0 Å². The van der Waals surface area contributed by atoms with Gasteiger partial charge in [-0.2, -0.15) is 0 Å². The molecule has 1 heterocycles. The predicted molar refractivity (Wildman–Crippen MR) is 239 cm³/mol. The molecule has 2 rings (SSSR count). The number of benzene rings is 1. The summed E-state index contributed by atoms with van der Waals surface area (Å²) in [6.07, 6.45) is 1.41. The van der Waals surface area contributed by atoms with Crippen LogP contribution in [-0.2, 0) is 49.6 Å². The van der Waals surface area contributed by atoms with Gasteiger partial charge in [-0.15, -0.1) is 0 Å². The third kappa shape index (κ3) is 19.1. The number of aliphatic carboxylic acids is 1. The van der Waals surface area contributed by atoms with Crippen LogP contribution in [0.1, 0.15) is 71.3 Å². The lowest BCUT2D eigenvalue weighted by Gasteiger charge is -2.27. The fraction of sp³-hybridized carbons (Fsp3) is 0.561. The number of para-hydroxylation sites is 1. The van der Waals surface area contributed by atoms with E-state index in [2.05, 4.69) is 47.2 Å². The SMILES string of the molecule is CC(=O)N[C@@H](CO)C(=O)N[C@@H](CC(N)=O)C(=O)N[C@@H](CCCN=C(N)N)C(=O)N[C@@H](Cc1c[nH]c2ccccc12)C(=O)N[C@@H](CO)C(=O)N[C@@H](CCCCN)C(=O)N[C@@H](CC(C)C)C(=O)O. The first kappa shape index (κ1) is 55.3. The molecule has 0 spiro atoms. The number of carboxylic acids is 1. The van der Waals surface area contributed by atoms with Crippen LogP contribution in [0.4, 0.5) is 0 Å². The van der Waals surface area contributed by atoms with Gasteiger partial charge in [0.2, 0.25) is 47.3 Å². The van der Waals surface area contributed by atoms with Gasteiger partial charge in [0.1, 0.15) is 42.3 Å². The van der Waals surface area contributed by atoms with Crippen molar-refractivity contribution in [1.29, 1.82) is 0 Å². The minimum atomic E-state index is -1.72. The van der Waals surface area contributed by atoms with Crippen molar-refractivity contribution in [3.05, 3.63) is 36.0 Å². The number of unbranched alkanes of at least 4 members (excludes halogenated alkanes) is 1. The lowest BCUT2D eigenvalue weighted by atomic mass is 10.0. The van der Waals surface area contributed by atoms with Crippen LogP contribution in [-0.4, -0.2) is 148 Å². The molecule has 19 N–H and O–H groups in total. The molecule has 0 saturated heterocycles. The number of aromatic amines is 1. The van der Waals surface area contributed by atoms with Crippen molar-refractivity contribution in [3.63, 3.8) is 0 Å². The number of amides is 8. The van der Waals surface area contributed by atoms with Gasteiger partial charge in [0.05, 0.1) is 19.6 Å². The average Bonchev–Trinajstić information content (AvgIpc) is 3.66. The molecule has 0 aliphatic rings. The van der Waals surface area contributed by atoms with E-state index in [0.717, 1.165) is 6.92 Å². The third-order valence-corrected chi connectivity index (χ3v) is 9.94. The van der Waals surface area contributed by atoms with Gasteiger partial charge >= 0.3 is 5.97 Å². The molecule has 0 saturated carbocycles. The van der Waals surface area contributed by atoms with Crippen LogP contribution < -0.4 is 60.2 Å². The number of aliphatic imine (C=N–C) groups is 1. The highest BCUT2D eigenvalue weighted by molar-refractivity contribution is 5.99. The number of aliphatic hydroxyl groups is 2. The lowest BCUT2D eigenvalue weighted by Crippen LogP contribution is -2.61. The monoisotopic (exact) mass is 931 g/mol. The van der Waals surface area contributed by atoms with E-state index in [-0.39, 0.29) is 57.1 Å². The Morgan fingerprint density at radius 2 is 1.14 bits per heavy atom. The van der Waals surface area contributed by atoms with Crippen LogP contribution in [0, 0.1) is 5.92 Å². The first-order chi connectivity index (χ1) is 31.2. The number of aliphatic hydroxyl groups excluding tert-OH is 2. The zero-order valence-corrected chi connectivity index (χ0v) is 37.3. The zero-order chi connectivity index (χ0) is 49.5. The number of hydrogen-bond donors (Lipinski definition) is 15. The molecule has 1 aromatic heterocycles. The number of hydrogen-bond acceptors (Lipinski definition) is 13. The van der Waals surface area contributed by atoms with Crippen molar-refractivity contribution in [2.75, 3.05) is 26.3 Å². The largest absolute Gasteiger partial charge is 0.480 e. The molecule has 25 heteroatoms. The molecule has 2 aromatic rings. The topological polar surface area (TPSA) is 431 Å². The van der Waals surface area contributed by atoms with E-state index < -0.39 is 115 Å². The minimum Gasteiger partial charge on any atom is -0.480 e. The first-order valence-corrected chi connectivity index (χ1v) is 21.3. The Labute approximate surface area is 380 Å². The van der Waals surface area contributed by atoms with Crippen molar-refractivity contribution >= 4 is 70.1 Å². The van der Waals surface area contributed by atoms with Crippen LogP contribution in [0.25, 0.3) is 10.9 Å². The summed E-state index contributed by atoms with van der Waals surface area (Å²) in [6, 6.07) is -3.53. The third-order valence-electron chi connectivity index (χ3n) is 9.94. The van der Waals surface area contributed by atoms with Gasteiger partial charge in [0.25, 0.3) is 0 Å². The summed E-state index contributed by atoms with van der Waals surface area (Å²) in [5, 5.41) is 47.2. The zero-order valence-electron chi connectivity index (χ0n) is 37.3. The highest BCUT2D eigenvalue weighted by Crippen LogP contribution is 2.20. The maximum Gasteiger partial charge on any atom is 0.326 e. The van der Waals surface area contributed by atoms with Crippen LogP contribution in [0.15, 0.2) is 35.5 Å². The highest BCUT2D eigenvalue weighted by atomic mass is 16.4. The molecule has 7 atom stereocenters. The number of carbonyl (C=O) groups excluding carboxylic acids is 8. The molecule has 0 radical (unpaired) electrons. The van der Waals surface area contributed by atoms with Gasteiger partial charge in [0.15, 0.2) is 5.96 Å². The second kappa shape index (κ2) is 28.1. The predicted octanol–water partition coefficient (Wildman–Crippen LogP) is -4.70. The Balaban J connectivity index is 2.50. The summed E-state index contributed by atoms with van der Waals surface area (Å²) < 4.78 is 0. The van der Waals surface area contributed by atoms with E-state index in [4.69, 9.17) is 22.9 Å². The number of aromatic nitrogens is 1. The molecular weight excluding hydrogens is 867 g/mol. The number of H-pyrrole nitrogens is 1. The number of rotatable bonds is 30. The van der Waals surface area contributed by atoms with Crippen LogP contribution in [0.5, 0.6) is 0 Å². The Morgan fingerprint density at radius 3 is 1.67 bits per heavy atom. The van der Waals surface area contributed by atoms with E-state index in [1.54, 1.807) is 44.3 Å². The van der Waals surface area contributed by atoms with Crippen molar-refractivity contribution in [2.45, 2.75) is 114 Å².